The Hall–Kier alpha value is -0.410. The van der Waals surface area contributed by atoms with Crippen LogP contribution < -0.4 is 0 Å². The average molecular weight is 649 g/mol. The Bertz CT molecular complexity index is 571. The van der Waals surface area contributed by atoms with Gasteiger partial charge in [-0.2, -0.15) is 0 Å². The maximum Gasteiger partial charge on any atom is 0.132 e. The van der Waals surface area contributed by atoms with Gasteiger partial charge in [0.1, 0.15) is 5.78 Å². The fourth-order valence-corrected chi connectivity index (χ4v) is 7.08. The highest BCUT2D eigenvalue weighted by molar-refractivity contribution is 5.78. The van der Waals surface area contributed by atoms with Crippen LogP contribution in [0.3, 0.4) is 0 Å². The van der Waals surface area contributed by atoms with Crippen molar-refractivity contribution in [2.24, 2.45) is 5.92 Å². The van der Waals surface area contributed by atoms with Crippen molar-refractivity contribution in [3.8, 4) is 0 Å². The molecule has 0 aliphatic heterocycles. The van der Waals surface area contributed by atoms with E-state index in [-0.39, 0.29) is 0 Å². The van der Waals surface area contributed by atoms with Gasteiger partial charge in [-0.1, -0.05) is 188 Å². The highest BCUT2D eigenvalue weighted by atomic mass is 16.1. The van der Waals surface area contributed by atoms with Crippen LogP contribution in [0.5, 0.6) is 0 Å². The third-order valence-electron chi connectivity index (χ3n) is 10.4. The second-order valence-electron chi connectivity index (χ2n) is 15.4. The predicted octanol–water partition coefficient (Wildman–Crippen LogP) is 13.6. The molecule has 0 aromatic heterocycles. The van der Waals surface area contributed by atoms with Gasteiger partial charge in [0.2, 0.25) is 0 Å². The number of unbranched alkanes of at least 4 members (excludes halogenated alkanes) is 22. The van der Waals surface area contributed by atoms with Crippen LogP contribution >= 0.6 is 0 Å². The van der Waals surface area contributed by atoms with Gasteiger partial charge in [0, 0.05) is 25.9 Å². The van der Waals surface area contributed by atoms with Gasteiger partial charge in [-0.15, -0.1) is 0 Å². The maximum atomic E-state index is 12.8. The lowest BCUT2D eigenvalue weighted by Gasteiger charge is -2.24. The molecular formula is C43H88N2O. The van der Waals surface area contributed by atoms with Gasteiger partial charge in [-0.3, -0.25) is 4.79 Å². The largest absolute Gasteiger partial charge is 0.308 e. The normalized spacial score (nSPS) is 11.9. The van der Waals surface area contributed by atoms with Crippen molar-refractivity contribution in [1.82, 2.24) is 9.80 Å². The highest BCUT2D eigenvalue weighted by Gasteiger charge is 2.11. The van der Waals surface area contributed by atoms with Gasteiger partial charge in [-0.25, -0.2) is 0 Å². The predicted molar refractivity (Wildman–Crippen MR) is 208 cm³/mol. The molecule has 0 aliphatic carbocycles. The molecule has 0 unspecified atom stereocenters. The van der Waals surface area contributed by atoms with E-state index >= 15 is 0 Å². The lowest BCUT2D eigenvalue weighted by atomic mass is 9.89. The number of hydrogen-bond donors (Lipinski definition) is 0. The fraction of sp³-hybridized carbons (Fsp3) is 0.977. The number of ketones is 1. The summed E-state index contributed by atoms with van der Waals surface area (Å²) in [5.74, 6) is 1.39. The molecule has 0 amide bonds. The summed E-state index contributed by atoms with van der Waals surface area (Å²) in [7, 11) is 4.37. The summed E-state index contributed by atoms with van der Waals surface area (Å²) in [6.45, 7) is 11.7. The molecule has 276 valence electrons. The van der Waals surface area contributed by atoms with Crippen LogP contribution in [-0.4, -0.2) is 55.9 Å². The zero-order chi connectivity index (χ0) is 33.8. The zero-order valence-electron chi connectivity index (χ0n) is 32.8. The van der Waals surface area contributed by atoms with Crippen LogP contribution in [0.4, 0.5) is 0 Å². The minimum absolute atomic E-state index is 0.533. The zero-order valence-corrected chi connectivity index (χ0v) is 32.8. The summed E-state index contributed by atoms with van der Waals surface area (Å²) >= 11 is 0. The molecule has 0 saturated heterocycles. The quantitative estimate of drug-likeness (QED) is 0.0620. The van der Waals surface area contributed by atoms with Gasteiger partial charge in [0.25, 0.3) is 0 Å². The van der Waals surface area contributed by atoms with E-state index in [0.29, 0.717) is 5.78 Å². The first-order valence-electron chi connectivity index (χ1n) is 21.4. The summed E-state index contributed by atoms with van der Waals surface area (Å²) < 4.78 is 0. The van der Waals surface area contributed by atoms with Gasteiger partial charge in [0.15, 0.2) is 0 Å². The van der Waals surface area contributed by atoms with Gasteiger partial charge in [0.05, 0.1) is 0 Å². The first-order chi connectivity index (χ1) is 22.5. The van der Waals surface area contributed by atoms with Gasteiger partial charge in [-0.05, 0) is 58.8 Å². The van der Waals surface area contributed by atoms with E-state index < -0.39 is 0 Å². The molecule has 0 aliphatic rings. The standard InChI is InChI=1S/C43H88N2O/c1-6-9-12-15-18-20-23-27-33-42(34-28-24-21-19-16-13-10-7-2)35-32-37-43(46)36-29-26-31-39-45(41-40-44(4)5)38-30-25-22-17-14-11-8-3/h42H,6-41H2,1-5H3. The van der Waals surface area contributed by atoms with Crippen LogP contribution in [0.2, 0.25) is 0 Å². The lowest BCUT2D eigenvalue weighted by molar-refractivity contribution is -0.119. The summed E-state index contributed by atoms with van der Waals surface area (Å²) in [4.78, 5) is 17.8. The average Bonchev–Trinajstić information content (AvgIpc) is 3.04. The number of Topliss-reactive ketones (excluding diaryl/α,β-unsaturated/α-hetero) is 1. The molecule has 0 bridgehead atoms. The SMILES string of the molecule is CCCCCCCCCCC(CCCCCCCCCC)CCCC(=O)CCCCCN(CCCCCCCCC)CCN(C)C. The Kier molecular flexibility index (Phi) is 37.1. The highest BCUT2D eigenvalue weighted by Crippen LogP contribution is 2.25. The maximum absolute atomic E-state index is 12.8. The Labute approximate surface area is 292 Å². The third-order valence-corrected chi connectivity index (χ3v) is 10.4. The monoisotopic (exact) mass is 649 g/mol. The Morgan fingerprint density at radius 3 is 1.17 bits per heavy atom. The van der Waals surface area contributed by atoms with Crippen molar-refractivity contribution in [3.63, 3.8) is 0 Å². The van der Waals surface area contributed by atoms with Crippen LogP contribution in [-0.2, 0) is 4.79 Å². The van der Waals surface area contributed by atoms with E-state index in [4.69, 9.17) is 0 Å². The molecule has 46 heavy (non-hydrogen) atoms. The first kappa shape index (κ1) is 45.6. The molecular weight excluding hydrogens is 560 g/mol. The second-order valence-corrected chi connectivity index (χ2v) is 15.4. The summed E-state index contributed by atoms with van der Waals surface area (Å²) in [6.07, 6.45) is 42.8. The van der Waals surface area contributed by atoms with E-state index in [0.717, 1.165) is 38.1 Å². The van der Waals surface area contributed by atoms with Crippen molar-refractivity contribution in [2.75, 3.05) is 40.3 Å². The molecule has 0 N–H and O–H groups in total. The van der Waals surface area contributed by atoms with E-state index in [1.54, 1.807) is 0 Å². The number of likely N-dealkylation sites (N-methyl/N-ethyl adjacent to an activating group) is 1. The summed E-state index contributed by atoms with van der Waals surface area (Å²) in [5.41, 5.74) is 0. The van der Waals surface area contributed by atoms with Crippen molar-refractivity contribution < 1.29 is 4.79 Å². The molecule has 0 aromatic rings. The van der Waals surface area contributed by atoms with Crippen molar-refractivity contribution >= 4 is 5.78 Å². The van der Waals surface area contributed by atoms with Gasteiger partial charge >= 0.3 is 0 Å². The number of rotatable bonds is 39. The molecule has 3 heteroatoms. The summed E-state index contributed by atoms with van der Waals surface area (Å²) in [5, 5.41) is 0. The van der Waals surface area contributed by atoms with Crippen molar-refractivity contribution in [3.05, 3.63) is 0 Å². The molecule has 3 nitrogen and oxygen atoms in total. The van der Waals surface area contributed by atoms with Crippen LogP contribution in [0.1, 0.15) is 226 Å². The molecule has 0 saturated carbocycles. The molecule has 0 fully saturated rings. The molecule has 0 aromatic carbocycles. The number of nitrogens with zero attached hydrogens (tertiary/aromatic N) is 2. The third kappa shape index (κ3) is 34.9. The van der Waals surface area contributed by atoms with E-state index in [1.165, 1.54) is 199 Å². The van der Waals surface area contributed by atoms with Crippen LogP contribution in [0, 0.1) is 5.92 Å². The lowest BCUT2D eigenvalue weighted by Crippen LogP contribution is -2.33. The number of carbonyl (C=O) groups excluding carboxylic acids is 1. The molecule has 0 radical (unpaired) electrons. The first-order valence-corrected chi connectivity index (χ1v) is 21.4. The Morgan fingerprint density at radius 2 is 0.739 bits per heavy atom. The van der Waals surface area contributed by atoms with Crippen LogP contribution in [0.15, 0.2) is 0 Å². The Balaban J connectivity index is 4.23. The van der Waals surface area contributed by atoms with Crippen molar-refractivity contribution in [1.29, 1.82) is 0 Å². The molecule has 0 atom stereocenters. The number of hydrogen-bond acceptors (Lipinski definition) is 3. The fourth-order valence-electron chi connectivity index (χ4n) is 7.08. The molecule has 0 rings (SSSR count). The van der Waals surface area contributed by atoms with E-state index in [1.807, 2.05) is 0 Å². The van der Waals surface area contributed by atoms with Crippen molar-refractivity contribution in [2.45, 2.75) is 226 Å². The molecule has 0 heterocycles. The molecule has 0 spiro atoms. The van der Waals surface area contributed by atoms with E-state index in [2.05, 4.69) is 44.7 Å². The second kappa shape index (κ2) is 37.4. The van der Waals surface area contributed by atoms with E-state index in [9.17, 15) is 4.79 Å². The topological polar surface area (TPSA) is 23.6 Å². The van der Waals surface area contributed by atoms with Crippen LogP contribution in [0.25, 0.3) is 0 Å². The Morgan fingerprint density at radius 1 is 0.391 bits per heavy atom. The smallest absolute Gasteiger partial charge is 0.132 e. The minimum atomic E-state index is 0.533. The minimum Gasteiger partial charge on any atom is -0.308 e. The number of carbonyl (C=O) groups is 1. The van der Waals surface area contributed by atoms with Gasteiger partial charge < -0.3 is 9.80 Å². The summed E-state index contributed by atoms with van der Waals surface area (Å²) in [6, 6.07) is 0.